The summed E-state index contributed by atoms with van der Waals surface area (Å²) in [5.41, 5.74) is 7.08. The molecule has 124 valence electrons. The number of alkyl halides is 3. The summed E-state index contributed by atoms with van der Waals surface area (Å²) in [6.45, 7) is 0. The maximum atomic E-state index is 12.7. The molecule has 1 heterocycles. The largest absolute Gasteiger partial charge is 0.391 e. The normalized spacial score (nSPS) is 22.4. The van der Waals surface area contributed by atoms with Crippen molar-refractivity contribution in [2.75, 3.05) is 0 Å². The van der Waals surface area contributed by atoms with Crippen LogP contribution in [0.1, 0.15) is 41.9 Å². The Hall–Kier alpha value is -2.05. The van der Waals surface area contributed by atoms with Gasteiger partial charge in [-0.1, -0.05) is 0 Å². The number of imidazole rings is 1. The van der Waals surface area contributed by atoms with Crippen LogP contribution in [-0.4, -0.2) is 22.1 Å². The lowest BCUT2D eigenvalue weighted by Gasteiger charge is -2.29. The van der Waals surface area contributed by atoms with Crippen molar-refractivity contribution in [3.63, 3.8) is 0 Å². The third-order valence-electron chi connectivity index (χ3n) is 4.61. The fraction of sp³-hybridized carbons (Fsp3) is 0.500. The van der Waals surface area contributed by atoms with E-state index in [0.717, 1.165) is 11.3 Å². The zero-order chi connectivity index (χ0) is 16.6. The van der Waals surface area contributed by atoms with Crippen LogP contribution in [0.15, 0.2) is 18.2 Å². The molecule has 0 saturated heterocycles. The Bertz CT molecular complexity index is 715. The minimum absolute atomic E-state index is 0.195. The summed E-state index contributed by atoms with van der Waals surface area (Å²) in [7, 11) is 0. The fourth-order valence-corrected chi connectivity index (χ4v) is 3.28. The highest BCUT2D eigenvalue weighted by Gasteiger charge is 2.41. The number of nitrogens with two attached hydrogens (primary N) is 1. The van der Waals surface area contributed by atoms with Crippen molar-refractivity contribution in [1.29, 1.82) is 0 Å². The molecule has 2 aromatic rings. The molecule has 1 aliphatic rings. The van der Waals surface area contributed by atoms with Crippen LogP contribution in [0.25, 0.3) is 11.0 Å². The van der Waals surface area contributed by atoms with Gasteiger partial charge < -0.3 is 10.7 Å². The van der Waals surface area contributed by atoms with Crippen LogP contribution in [0, 0.1) is 11.8 Å². The number of primary amides is 1. The van der Waals surface area contributed by atoms with Gasteiger partial charge in [0, 0.05) is 12.0 Å². The number of rotatable bonds is 3. The van der Waals surface area contributed by atoms with Crippen molar-refractivity contribution in [3.05, 3.63) is 29.6 Å². The number of carbonyl (C=O) groups is 1. The lowest BCUT2D eigenvalue weighted by atomic mass is 9.80. The number of hydrogen-bond donors (Lipinski definition) is 2. The van der Waals surface area contributed by atoms with Gasteiger partial charge in [-0.15, -0.1) is 0 Å². The predicted molar refractivity (Wildman–Crippen MR) is 79.8 cm³/mol. The first-order valence-electron chi connectivity index (χ1n) is 7.68. The van der Waals surface area contributed by atoms with E-state index in [1.165, 1.54) is 0 Å². The molecule has 0 aliphatic heterocycles. The standard InChI is InChI=1S/C16H18F3N3O/c17-16(18,19)11-4-1-9(2-5-11)7-14-21-12-6-3-10(15(20)23)8-13(12)22-14/h3,6,8-9,11H,1-2,4-5,7H2,(H2,20,23)(H,21,22). The summed E-state index contributed by atoms with van der Waals surface area (Å²) in [4.78, 5) is 18.8. The summed E-state index contributed by atoms with van der Waals surface area (Å²) in [5, 5.41) is 0. The number of benzene rings is 1. The molecule has 4 nitrogen and oxygen atoms in total. The van der Waals surface area contributed by atoms with Crippen molar-refractivity contribution in [2.45, 2.75) is 38.3 Å². The van der Waals surface area contributed by atoms with E-state index >= 15 is 0 Å². The first kappa shape index (κ1) is 15.8. The summed E-state index contributed by atoms with van der Waals surface area (Å²) in [6.07, 6.45) is -1.93. The molecule has 0 atom stereocenters. The molecule has 1 saturated carbocycles. The van der Waals surface area contributed by atoms with Crippen LogP contribution in [0.4, 0.5) is 13.2 Å². The molecular weight excluding hydrogens is 307 g/mol. The highest BCUT2D eigenvalue weighted by Crippen LogP contribution is 2.40. The van der Waals surface area contributed by atoms with Gasteiger partial charge in [0.15, 0.2) is 0 Å². The molecule has 23 heavy (non-hydrogen) atoms. The van der Waals surface area contributed by atoms with Gasteiger partial charge in [-0.25, -0.2) is 4.98 Å². The Kier molecular flexibility index (Phi) is 4.04. The zero-order valence-corrected chi connectivity index (χ0v) is 12.5. The van der Waals surface area contributed by atoms with Crippen LogP contribution in [0.2, 0.25) is 0 Å². The molecule has 7 heteroatoms. The summed E-state index contributed by atoms with van der Waals surface area (Å²) < 4.78 is 38.0. The minimum Gasteiger partial charge on any atom is -0.366 e. The molecule has 1 amide bonds. The van der Waals surface area contributed by atoms with Crippen molar-refractivity contribution in [3.8, 4) is 0 Å². The molecule has 1 aliphatic carbocycles. The molecule has 1 fully saturated rings. The second-order valence-corrected chi connectivity index (χ2v) is 6.24. The predicted octanol–water partition coefficient (Wildman–Crippen LogP) is 3.57. The quantitative estimate of drug-likeness (QED) is 0.905. The van der Waals surface area contributed by atoms with Crippen LogP contribution in [0.3, 0.4) is 0 Å². The van der Waals surface area contributed by atoms with E-state index in [0.29, 0.717) is 30.3 Å². The SMILES string of the molecule is NC(=O)c1ccc2[nH]c(CC3CCC(C(F)(F)F)CC3)nc2c1. The zero-order valence-electron chi connectivity index (χ0n) is 12.5. The van der Waals surface area contributed by atoms with Crippen molar-refractivity contribution in [1.82, 2.24) is 9.97 Å². The van der Waals surface area contributed by atoms with E-state index in [1.54, 1.807) is 18.2 Å². The van der Waals surface area contributed by atoms with Gasteiger partial charge in [0.1, 0.15) is 5.82 Å². The number of carbonyl (C=O) groups excluding carboxylic acids is 1. The summed E-state index contributed by atoms with van der Waals surface area (Å²) in [6, 6.07) is 4.99. The van der Waals surface area contributed by atoms with Crippen molar-refractivity contribution in [2.24, 2.45) is 17.6 Å². The van der Waals surface area contributed by atoms with Gasteiger partial charge in [0.05, 0.1) is 17.0 Å². The highest BCUT2D eigenvalue weighted by atomic mass is 19.4. The van der Waals surface area contributed by atoms with Crippen molar-refractivity contribution < 1.29 is 18.0 Å². The molecule has 3 N–H and O–H groups in total. The Balaban J connectivity index is 1.67. The van der Waals surface area contributed by atoms with E-state index < -0.39 is 18.0 Å². The van der Waals surface area contributed by atoms with Crippen LogP contribution >= 0.6 is 0 Å². The average molecular weight is 325 g/mol. The number of hydrogen-bond acceptors (Lipinski definition) is 2. The van der Waals surface area contributed by atoms with E-state index in [-0.39, 0.29) is 18.8 Å². The maximum Gasteiger partial charge on any atom is 0.391 e. The Morgan fingerprint density at radius 3 is 2.57 bits per heavy atom. The van der Waals surface area contributed by atoms with Gasteiger partial charge >= 0.3 is 6.18 Å². The van der Waals surface area contributed by atoms with Crippen LogP contribution in [-0.2, 0) is 6.42 Å². The topological polar surface area (TPSA) is 71.8 Å². The number of nitrogens with zero attached hydrogens (tertiary/aromatic N) is 1. The van der Waals surface area contributed by atoms with Gasteiger partial charge in [-0.05, 0) is 49.8 Å². The number of H-pyrrole nitrogens is 1. The number of amides is 1. The molecule has 0 unspecified atom stereocenters. The Morgan fingerprint density at radius 1 is 1.26 bits per heavy atom. The number of halogens is 3. The summed E-state index contributed by atoms with van der Waals surface area (Å²) in [5.74, 6) is -0.712. The van der Waals surface area contributed by atoms with Gasteiger partial charge in [-0.2, -0.15) is 13.2 Å². The molecule has 0 radical (unpaired) electrons. The first-order chi connectivity index (χ1) is 10.8. The summed E-state index contributed by atoms with van der Waals surface area (Å²) >= 11 is 0. The molecule has 3 rings (SSSR count). The maximum absolute atomic E-state index is 12.7. The lowest BCUT2D eigenvalue weighted by Crippen LogP contribution is -2.28. The van der Waals surface area contributed by atoms with Crippen molar-refractivity contribution >= 4 is 16.9 Å². The molecule has 0 spiro atoms. The minimum atomic E-state index is -4.07. The van der Waals surface area contributed by atoms with Gasteiger partial charge in [0.2, 0.25) is 5.91 Å². The van der Waals surface area contributed by atoms with E-state index in [4.69, 9.17) is 5.73 Å². The molecule has 0 bridgehead atoms. The van der Waals surface area contributed by atoms with Gasteiger partial charge in [-0.3, -0.25) is 4.79 Å². The third-order valence-corrected chi connectivity index (χ3v) is 4.61. The van der Waals surface area contributed by atoms with Crippen LogP contribution < -0.4 is 5.73 Å². The van der Waals surface area contributed by atoms with E-state index in [2.05, 4.69) is 9.97 Å². The molecule has 1 aromatic heterocycles. The van der Waals surface area contributed by atoms with Gasteiger partial charge in [0.25, 0.3) is 0 Å². The van der Waals surface area contributed by atoms with E-state index in [1.807, 2.05) is 0 Å². The molecular formula is C16H18F3N3O. The molecule has 1 aromatic carbocycles. The highest BCUT2D eigenvalue weighted by molar-refractivity contribution is 5.96. The number of aromatic nitrogens is 2. The second kappa shape index (κ2) is 5.86. The first-order valence-corrected chi connectivity index (χ1v) is 7.68. The Labute approximate surface area is 131 Å². The average Bonchev–Trinajstić information content (AvgIpc) is 2.87. The Morgan fingerprint density at radius 2 is 1.96 bits per heavy atom. The lowest BCUT2D eigenvalue weighted by molar-refractivity contribution is -0.183. The monoisotopic (exact) mass is 325 g/mol. The third kappa shape index (κ3) is 3.48. The number of nitrogens with one attached hydrogen (secondary N) is 1. The van der Waals surface area contributed by atoms with E-state index in [9.17, 15) is 18.0 Å². The number of aromatic amines is 1. The second-order valence-electron chi connectivity index (χ2n) is 6.24. The number of fused-ring (bicyclic) bond motifs is 1. The smallest absolute Gasteiger partial charge is 0.366 e. The van der Waals surface area contributed by atoms with Crippen LogP contribution in [0.5, 0.6) is 0 Å². The fourth-order valence-electron chi connectivity index (χ4n) is 3.28.